The molecule has 1 aliphatic heterocycles. The molecule has 4 rings (SSSR count). The number of anilines is 1. The number of nitrogens with one attached hydrogen (secondary N) is 1. The number of hydrogen-bond acceptors (Lipinski definition) is 2. The van der Waals surface area contributed by atoms with Gasteiger partial charge in [-0.2, -0.15) is 18.3 Å². The minimum absolute atomic E-state index is 0.0650. The van der Waals surface area contributed by atoms with Crippen LogP contribution in [-0.2, 0) is 12.6 Å². The molecule has 2 heterocycles. The second kappa shape index (κ2) is 5.82. The standard InChI is InChI=1S/C18H12F5N3/c19-12-5-6-15(14(20)9-12)26-17-13(7-8-24-17)16(25-26)10-1-3-11(4-2-10)18(21,22)23/h1-6,9,24H,7-8H2. The molecule has 0 fully saturated rings. The first-order valence-corrected chi connectivity index (χ1v) is 7.83. The Morgan fingerprint density at radius 1 is 1.00 bits per heavy atom. The second-order valence-corrected chi connectivity index (χ2v) is 5.94. The van der Waals surface area contributed by atoms with Crippen LogP contribution < -0.4 is 5.32 Å². The van der Waals surface area contributed by atoms with Crippen LogP contribution in [0.5, 0.6) is 0 Å². The molecule has 26 heavy (non-hydrogen) atoms. The molecule has 0 saturated heterocycles. The quantitative estimate of drug-likeness (QED) is 0.661. The SMILES string of the molecule is Fc1ccc(-n2nc(-c3ccc(C(F)(F)F)cc3)c3c2NCC3)c(F)c1. The number of alkyl halides is 3. The van der Waals surface area contributed by atoms with Crippen LogP contribution in [0.1, 0.15) is 11.1 Å². The molecule has 0 amide bonds. The summed E-state index contributed by atoms with van der Waals surface area (Å²) in [5.41, 5.74) is 1.07. The summed E-state index contributed by atoms with van der Waals surface area (Å²) in [4.78, 5) is 0. The minimum Gasteiger partial charge on any atom is -0.369 e. The summed E-state index contributed by atoms with van der Waals surface area (Å²) in [6.07, 6.45) is -3.81. The number of nitrogens with zero attached hydrogens (tertiary/aromatic N) is 2. The van der Waals surface area contributed by atoms with E-state index in [2.05, 4.69) is 10.4 Å². The summed E-state index contributed by atoms with van der Waals surface area (Å²) in [7, 11) is 0. The lowest BCUT2D eigenvalue weighted by Crippen LogP contribution is -2.06. The first-order valence-electron chi connectivity index (χ1n) is 7.83. The topological polar surface area (TPSA) is 29.9 Å². The molecule has 8 heteroatoms. The number of halogens is 5. The average molecular weight is 365 g/mol. The number of fused-ring (bicyclic) bond motifs is 1. The van der Waals surface area contributed by atoms with Gasteiger partial charge in [0.1, 0.15) is 17.3 Å². The summed E-state index contributed by atoms with van der Waals surface area (Å²) in [6, 6.07) is 7.82. The zero-order valence-corrected chi connectivity index (χ0v) is 13.2. The van der Waals surface area contributed by atoms with Gasteiger partial charge in [-0.1, -0.05) is 12.1 Å². The first kappa shape index (κ1) is 16.6. The Balaban J connectivity index is 1.82. The van der Waals surface area contributed by atoms with E-state index >= 15 is 0 Å². The van der Waals surface area contributed by atoms with Gasteiger partial charge in [-0.3, -0.25) is 0 Å². The fourth-order valence-corrected chi connectivity index (χ4v) is 3.05. The fourth-order valence-electron chi connectivity index (χ4n) is 3.05. The van der Waals surface area contributed by atoms with Crippen molar-refractivity contribution in [3.05, 3.63) is 65.2 Å². The summed E-state index contributed by atoms with van der Waals surface area (Å²) in [5.74, 6) is -0.917. The molecular weight excluding hydrogens is 353 g/mol. The van der Waals surface area contributed by atoms with E-state index in [1.165, 1.54) is 22.9 Å². The van der Waals surface area contributed by atoms with Crippen molar-refractivity contribution >= 4 is 5.82 Å². The first-order chi connectivity index (χ1) is 12.3. The van der Waals surface area contributed by atoms with E-state index < -0.39 is 23.4 Å². The van der Waals surface area contributed by atoms with Crippen LogP contribution in [0, 0.1) is 11.6 Å². The lowest BCUT2D eigenvalue weighted by molar-refractivity contribution is -0.137. The van der Waals surface area contributed by atoms with Crippen LogP contribution in [0.4, 0.5) is 27.8 Å². The smallest absolute Gasteiger partial charge is 0.369 e. The normalized spacial score (nSPS) is 13.6. The van der Waals surface area contributed by atoms with Gasteiger partial charge in [0.15, 0.2) is 5.82 Å². The zero-order valence-electron chi connectivity index (χ0n) is 13.2. The van der Waals surface area contributed by atoms with Crippen molar-refractivity contribution in [2.45, 2.75) is 12.6 Å². The molecular formula is C18H12F5N3. The van der Waals surface area contributed by atoms with Crippen LogP contribution >= 0.6 is 0 Å². The third-order valence-electron chi connectivity index (χ3n) is 4.27. The van der Waals surface area contributed by atoms with Gasteiger partial charge in [0, 0.05) is 23.7 Å². The van der Waals surface area contributed by atoms with Gasteiger partial charge >= 0.3 is 6.18 Å². The second-order valence-electron chi connectivity index (χ2n) is 5.94. The molecule has 3 nitrogen and oxygen atoms in total. The summed E-state index contributed by atoms with van der Waals surface area (Å²) in [6.45, 7) is 0.601. The van der Waals surface area contributed by atoms with E-state index in [-0.39, 0.29) is 5.69 Å². The van der Waals surface area contributed by atoms with Crippen LogP contribution in [0.15, 0.2) is 42.5 Å². The molecule has 1 N–H and O–H groups in total. The average Bonchev–Trinajstić information content (AvgIpc) is 3.17. The van der Waals surface area contributed by atoms with Gasteiger partial charge in [0.2, 0.25) is 0 Å². The lowest BCUT2D eigenvalue weighted by Gasteiger charge is -2.08. The van der Waals surface area contributed by atoms with Gasteiger partial charge < -0.3 is 5.32 Å². The maximum Gasteiger partial charge on any atom is 0.416 e. The van der Waals surface area contributed by atoms with Crippen LogP contribution in [0.3, 0.4) is 0 Å². The fraction of sp³-hybridized carbons (Fsp3) is 0.167. The Labute approximate surface area is 145 Å². The lowest BCUT2D eigenvalue weighted by atomic mass is 10.0. The van der Waals surface area contributed by atoms with E-state index in [1.807, 2.05) is 0 Å². The van der Waals surface area contributed by atoms with Gasteiger partial charge in [-0.05, 0) is 30.7 Å². The highest BCUT2D eigenvalue weighted by atomic mass is 19.4. The highest BCUT2D eigenvalue weighted by Crippen LogP contribution is 2.36. The molecule has 0 spiro atoms. The molecule has 1 aliphatic rings. The van der Waals surface area contributed by atoms with Crippen molar-refractivity contribution in [3.63, 3.8) is 0 Å². The Kier molecular flexibility index (Phi) is 3.71. The molecule has 0 aliphatic carbocycles. The largest absolute Gasteiger partial charge is 0.416 e. The zero-order chi connectivity index (χ0) is 18.5. The number of aromatic nitrogens is 2. The summed E-state index contributed by atoms with van der Waals surface area (Å²) >= 11 is 0. The number of hydrogen-bond donors (Lipinski definition) is 1. The van der Waals surface area contributed by atoms with Crippen molar-refractivity contribution < 1.29 is 22.0 Å². The molecule has 3 aromatic rings. The van der Waals surface area contributed by atoms with Crippen LogP contribution in [0.25, 0.3) is 16.9 Å². The van der Waals surface area contributed by atoms with Crippen molar-refractivity contribution in [2.24, 2.45) is 0 Å². The van der Waals surface area contributed by atoms with Crippen molar-refractivity contribution in [1.29, 1.82) is 0 Å². The van der Waals surface area contributed by atoms with E-state index in [0.29, 0.717) is 30.0 Å². The molecule has 134 valence electrons. The maximum absolute atomic E-state index is 14.1. The predicted molar refractivity (Wildman–Crippen MR) is 86.1 cm³/mol. The monoisotopic (exact) mass is 365 g/mol. The van der Waals surface area contributed by atoms with Gasteiger partial charge in [0.05, 0.1) is 11.3 Å². The van der Waals surface area contributed by atoms with Gasteiger partial charge in [0.25, 0.3) is 0 Å². The maximum atomic E-state index is 14.1. The number of benzene rings is 2. The molecule has 2 aromatic carbocycles. The van der Waals surface area contributed by atoms with Crippen molar-refractivity contribution in [1.82, 2.24) is 9.78 Å². The van der Waals surface area contributed by atoms with Crippen LogP contribution in [-0.4, -0.2) is 16.3 Å². The minimum atomic E-state index is -4.42. The van der Waals surface area contributed by atoms with Crippen molar-refractivity contribution in [3.8, 4) is 16.9 Å². The molecule has 0 bridgehead atoms. The third kappa shape index (κ3) is 2.71. The Hall–Kier alpha value is -2.90. The number of rotatable bonds is 2. The van der Waals surface area contributed by atoms with E-state index in [9.17, 15) is 22.0 Å². The van der Waals surface area contributed by atoms with E-state index in [0.717, 1.165) is 29.8 Å². The van der Waals surface area contributed by atoms with E-state index in [4.69, 9.17) is 0 Å². The predicted octanol–water partition coefficient (Wildman–Crippen LogP) is 4.80. The molecule has 0 unspecified atom stereocenters. The van der Waals surface area contributed by atoms with Gasteiger partial charge in [-0.15, -0.1) is 0 Å². The Morgan fingerprint density at radius 2 is 1.73 bits per heavy atom. The summed E-state index contributed by atoms with van der Waals surface area (Å²) < 4.78 is 66.9. The molecule has 0 saturated carbocycles. The Morgan fingerprint density at radius 3 is 2.38 bits per heavy atom. The third-order valence-corrected chi connectivity index (χ3v) is 4.27. The van der Waals surface area contributed by atoms with Crippen LogP contribution in [0.2, 0.25) is 0 Å². The van der Waals surface area contributed by atoms with E-state index in [1.54, 1.807) is 0 Å². The van der Waals surface area contributed by atoms with Gasteiger partial charge in [-0.25, -0.2) is 13.5 Å². The Bertz CT molecular complexity index is 974. The summed E-state index contributed by atoms with van der Waals surface area (Å²) in [5, 5.41) is 7.46. The molecule has 0 radical (unpaired) electrons. The molecule has 1 aromatic heterocycles. The molecule has 0 atom stereocenters. The van der Waals surface area contributed by atoms with Crippen molar-refractivity contribution in [2.75, 3.05) is 11.9 Å². The highest BCUT2D eigenvalue weighted by molar-refractivity contribution is 5.73. The highest BCUT2D eigenvalue weighted by Gasteiger charge is 2.31.